The number of hydrogen-bond acceptors (Lipinski definition) is 3. The summed E-state index contributed by atoms with van der Waals surface area (Å²) in [5.74, 6) is 1.04. The molecule has 1 aliphatic carbocycles. The second-order valence-electron chi connectivity index (χ2n) is 4.42. The van der Waals surface area contributed by atoms with E-state index < -0.39 is 0 Å². The highest BCUT2D eigenvalue weighted by molar-refractivity contribution is 6.00. The van der Waals surface area contributed by atoms with E-state index in [1.807, 2.05) is 30.3 Å². The van der Waals surface area contributed by atoms with Gasteiger partial charge in [0.15, 0.2) is 12.6 Å². The van der Waals surface area contributed by atoms with E-state index in [9.17, 15) is 4.79 Å². The molecule has 0 saturated heterocycles. The van der Waals surface area contributed by atoms with Crippen molar-refractivity contribution in [2.45, 2.75) is 25.7 Å². The molecule has 0 unspecified atom stereocenters. The SMILES string of the molecule is COCOc1cccc(/C=C2\CCCCC2=O)c1. The molecule has 1 fully saturated rings. The molecule has 2 rings (SSSR count). The zero-order valence-corrected chi connectivity index (χ0v) is 10.6. The summed E-state index contributed by atoms with van der Waals surface area (Å²) < 4.78 is 10.2. The Morgan fingerprint density at radius 3 is 2.89 bits per heavy atom. The lowest BCUT2D eigenvalue weighted by Gasteiger charge is -2.12. The number of benzene rings is 1. The van der Waals surface area contributed by atoms with Gasteiger partial charge in [0.25, 0.3) is 0 Å². The van der Waals surface area contributed by atoms with Gasteiger partial charge < -0.3 is 9.47 Å². The molecule has 0 N–H and O–H groups in total. The average molecular weight is 246 g/mol. The summed E-state index contributed by atoms with van der Waals surface area (Å²) in [5, 5.41) is 0. The Kier molecular flexibility index (Phi) is 4.53. The first kappa shape index (κ1) is 12.8. The number of allylic oxidation sites excluding steroid dienone is 1. The largest absolute Gasteiger partial charge is 0.468 e. The van der Waals surface area contributed by atoms with Gasteiger partial charge in [-0.05, 0) is 48.6 Å². The Labute approximate surface area is 107 Å². The van der Waals surface area contributed by atoms with Gasteiger partial charge in [-0.1, -0.05) is 12.1 Å². The topological polar surface area (TPSA) is 35.5 Å². The number of hydrogen-bond donors (Lipinski definition) is 0. The monoisotopic (exact) mass is 246 g/mol. The van der Waals surface area contributed by atoms with Crippen molar-refractivity contribution in [1.29, 1.82) is 0 Å². The van der Waals surface area contributed by atoms with Crippen molar-refractivity contribution in [3.8, 4) is 5.75 Å². The zero-order valence-electron chi connectivity index (χ0n) is 10.6. The van der Waals surface area contributed by atoms with Crippen molar-refractivity contribution >= 4 is 11.9 Å². The summed E-state index contributed by atoms with van der Waals surface area (Å²) in [4.78, 5) is 11.7. The van der Waals surface area contributed by atoms with Gasteiger partial charge in [0.2, 0.25) is 0 Å². The van der Waals surface area contributed by atoms with Gasteiger partial charge in [0.05, 0.1) is 0 Å². The first-order chi connectivity index (χ1) is 8.79. The molecule has 0 aliphatic heterocycles. The number of carbonyl (C=O) groups is 1. The lowest BCUT2D eigenvalue weighted by molar-refractivity contribution is -0.116. The van der Waals surface area contributed by atoms with Crippen LogP contribution in [0.2, 0.25) is 0 Å². The third-order valence-electron chi connectivity index (χ3n) is 3.00. The Balaban J connectivity index is 2.12. The van der Waals surface area contributed by atoms with E-state index in [1.54, 1.807) is 7.11 Å². The molecule has 1 aliphatic rings. The maximum atomic E-state index is 11.7. The number of methoxy groups -OCH3 is 1. The van der Waals surface area contributed by atoms with Gasteiger partial charge in [0.1, 0.15) is 5.75 Å². The lowest BCUT2D eigenvalue weighted by Crippen LogP contribution is -2.08. The summed E-state index contributed by atoms with van der Waals surface area (Å²) in [7, 11) is 1.59. The number of Topliss-reactive ketones (excluding diaryl/α,β-unsaturated/α-hetero) is 1. The predicted molar refractivity (Wildman–Crippen MR) is 70.4 cm³/mol. The molecule has 0 heterocycles. The van der Waals surface area contributed by atoms with E-state index in [-0.39, 0.29) is 12.6 Å². The fourth-order valence-corrected chi connectivity index (χ4v) is 2.08. The molecule has 1 aromatic rings. The molecule has 3 heteroatoms. The molecule has 0 spiro atoms. The Hall–Kier alpha value is -1.61. The number of rotatable bonds is 4. The summed E-state index contributed by atoms with van der Waals surface area (Å²) >= 11 is 0. The maximum Gasteiger partial charge on any atom is 0.188 e. The van der Waals surface area contributed by atoms with Crippen molar-refractivity contribution in [1.82, 2.24) is 0 Å². The number of ketones is 1. The number of carbonyl (C=O) groups excluding carboxylic acids is 1. The smallest absolute Gasteiger partial charge is 0.188 e. The maximum absolute atomic E-state index is 11.7. The minimum absolute atomic E-state index is 0.235. The van der Waals surface area contributed by atoms with Gasteiger partial charge in [-0.15, -0.1) is 0 Å². The highest BCUT2D eigenvalue weighted by Gasteiger charge is 2.14. The van der Waals surface area contributed by atoms with E-state index in [0.717, 1.165) is 36.1 Å². The fourth-order valence-electron chi connectivity index (χ4n) is 2.08. The van der Waals surface area contributed by atoms with E-state index in [1.165, 1.54) is 0 Å². The summed E-state index contributed by atoms with van der Waals surface area (Å²) in [6, 6.07) is 7.71. The highest BCUT2D eigenvalue weighted by Crippen LogP contribution is 2.23. The minimum atomic E-state index is 0.235. The van der Waals surface area contributed by atoms with Crippen LogP contribution in [0.3, 0.4) is 0 Å². The number of ether oxygens (including phenoxy) is 2. The van der Waals surface area contributed by atoms with Gasteiger partial charge in [-0.25, -0.2) is 0 Å². The van der Waals surface area contributed by atoms with Crippen LogP contribution >= 0.6 is 0 Å². The Morgan fingerprint density at radius 1 is 1.28 bits per heavy atom. The summed E-state index contributed by atoms with van der Waals surface area (Å²) in [6.45, 7) is 0.235. The van der Waals surface area contributed by atoms with Crippen LogP contribution in [-0.4, -0.2) is 19.7 Å². The van der Waals surface area contributed by atoms with Crippen LogP contribution in [0.15, 0.2) is 29.8 Å². The molecular formula is C15H18O3. The van der Waals surface area contributed by atoms with Crippen LogP contribution < -0.4 is 4.74 Å². The summed E-state index contributed by atoms with van der Waals surface area (Å²) in [6.07, 6.45) is 5.68. The molecule has 0 amide bonds. The normalized spacial score (nSPS) is 18.1. The van der Waals surface area contributed by atoms with Crippen molar-refractivity contribution in [2.24, 2.45) is 0 Å². The van der Waals surface area contributed by atoms with Crippen LogP contribution in [0.4, 0.5) is 0 Å². The predicted octanol–water partition coefficient (Wildman–Crippen LogP) is 3.20. The van der Waals surface area contributed by atoms with E-state index >= 15 is 0 Å². The molecule has 1 saturated carbocycles. The molecule has 1 aromatic carbocycles. The van der Waals surface area contributed by atoms with E-state index in [0.29, 0.717) is 6.42 Å². The first-order valence-electron chi connectivity index (χ1n) is 6.25. The molecule has 0 aromatic heterocycles. The molecule has 0 bridgehead atoms. The molecular weight excluding hydrogens is 228 g/mol. The van der Waals surface area contributed by atoms with Crippen molar-refractivity contribution in [3.05, 3.63) is 35.4 Å². The van der Waals surface area contributed by atoms with Crippen molar-refractivity contribution in [2.75, 3.05) is 13.9 Å². The minimum Gasteiger partial charge on any atom is -0.468 e. The van der Waals surface area contributed by atoms with Crippen molar-refractivity contribution < 1.29 is 14.3 Å². The van der Waals surface area contributed by atoms with Gasteiger partial charge >= 0.3 is 0 Å². The molecule has 0 radical (unpaired) electrons. The second kappa shape index (κ2) is 6.36. The van der Waals surface area contributed by atoms with Crippen LogP contribution in [0, 0.1) is 0 Å². The standard InChI is InChI=1S/C15H18O3/c1-17-11-18-14-7-4-5-12(10-14)9-13-6-2-3-8-15(13)16/h4-5,7,9-10H,2-3,6,8,11H2,1H3/b13-9+. The van der Waals surface area contributed by atoms with Crippen LogP contribution in [0.25, 0.3) is 6.08 Å². The molecule has 96 valence electrons. The highest BCUT2D eigenvalue weighted by atomic mass is 16.7. The summed E-state index contributed by atoms with van der Waals surface area (Å²) in [5.41, 5.74) is 1.94. The van der Waals surface area contributed by atoms with Crippen molar-refractivity contribution in [3.63, 3.8) is 0 Å². The van der Waals surface area contributed by atoms with Crippen LogP contribution in [-0.2, 0) is 9.53 Å². The Bertz CT molecular complexity index is 449. The third-order valence-corrected chi connectivity index (χ3v) is 3.00. The molecule has 0 atom stereocenters. The van der Waals surface area contributed by atoms with E-state index in [4.69, 9.17) is 9.47 Å². The molecule has 3 nitrogen and oxygen atoms in total. The third kappa shape index (κ3) is 3.44. The lowest BCUT2D eigenvalue weighted by atomic mass is 9.92. The average Bonchev–Trinajstić information content (AvgIpc) is 2.40. The van der Waals surface area contributed by atoms with Crippen LogP contribution in [0.5, 0.6) is 5.75 Å². The van der Waals surface area contributed by atoms with Gasteiger partial charge in [-0.3, -0.25) is 4.79 Å². The quantitative estimate of drug-likeness (QED) is 0.604. The first-order valence-corrected chi connectivity index (χ1v) is 6.25. The van der Waals surface area contributed by atoms with Crippen LogP contribution in [0.1, 0.15) is 31.2 Å². The van der Waals surface area contributed by atoms with E-state index in [2.05, 4.69) is 0 Å². The zero-order chi connectivity index (χ0) is 12.8. The van der Waals surface area contributed by atoms with Gasteiger partial charge in [-0.2, -0.15) is 0 Å². The fraction of sp³-hybridized carbons (Fsp3) is 0.400. The Morgan fingerprint density at radius 2 is 2.11 bits per heavy atom. The molecule has 18 heavy (non-hydrogen) atoms. The van der Waals surface area contributed by atoms with Gasteiger partial charge in [0, 0.05) is 13.5 Å². The second-order valence-corrected chi connectivity index (χ2v) is 4.42.